The summed E-state index contributed by atoms with van der Waals surface area (Å²) >= 11 is 0. The summed E-state index contributed by atoms with van der Waals surface area (Å²) < 4.78 is 14.0. The highest BCUT2D eigenvalue weighted by Gasteiger charge is 2.78. The van der Waals surface area contributed by atoms with Crippen LogP contribution in [0.25, 0.3) is 0 Å². The molecule has 292 valence electrons. The Morgan fingerprint density at radius 1 is 0.648 bits per heavy atom. The molecule has 4 aliphatic heterocycles. The molecule has 2 aromatic carbocycles. The number of piperidine rings is 2. The highest BCUT2D eigenvalue weighted by atomic mass is 16.5. The van der Waals surface area contributed by atoms with E-state index < -0.39 is 34.2 Å². The number of hydrogen-bond acceptors (Lipinski definition) is 8. The number of aromatic hydroxyl groups is 2. The number of carbonyl (C=O) groups excluding carboxylic acids is 2. The molecule has 10 aliphatic rings. The number of phenolic OH excluding ortho intramolecular Hbond substituents is 2. The number of carbonyl (C=O) groups is 2. The van der Waals surface area contributed by atoms with Gasteiger partial charge in [0.05, 0.1) is 51.1 Å². The minimum Gasteiger partial charge on any atom is -0.504 e. The van der Waals surface area contributed by atoms with Gasteiger partial charge < -0.3 is 53.7 Å². The molecule has 4 heterocycles. The van der Waals surface area contributed by atoms with E-state index in [0.29, 0.717) is 37.2 Å². The number of rotatable bonds is 4. The fourth-order valence-electron chi connectivity index (χ4n) is 13.9. The molecule has 2 saturated heterocycles. The number of ether oxygens (including phenoxy) is 2. The first-order chi connectivity index (χ1) is 24.8. The molecule has 4 N–H and O–H groups in total. The normalized spacial score (nSPS) is 43.6. The van der Waals surface area contributed by atoms with Crippen molar-refractivity contribution in [3.8, 4) is 23.0 Å². The van der Waals surface area contributed by atoms with Crippen LogP contribution >= 0.6 is 0 Å². The second-order valence-electron chi connectivity index (χ2n) is 19.2. The number of aliphatic hydroxyl groups is 2. The van der Waals surface area contributed by atoms with Crippen molar-refractivity contribution < 1.29 is 48.5 Å². The Bertz CT molecular complexity index is 1840. The van der Waals surface area contributed by atoms with E-state index in [1.165, 1.54) is 25.7 Å². The molecule has 6 aliphatic carbocycles. The molecule has 6 fully saturated rings. The van der Waals surface area contributed by atoms with E-state index >= 15 is 0 Å². The van der Waals surface area contributed by atoms with E-state index in [0.717, 1.165) is 94.9 Å². The van der Waals surface area contributed by atoms with Gasteiger partial charge in [0.1, 0.15) is 23.3 Å². The molecule has 2 aromatic rings. The first-order valence-corrected chi connectivity index (χ1v) is 20.0. The molecule has 54 heavy (non-hydrogen) atoms. The standard InChI is InChI=1S/2C21H25NO4.2CH3/c2*1-22(11-12-2-3-12)9-8-20-17-13-4-5-14(23)18(17)26-19(20)15(24)6-7-21(20,25)16(22)10-13;;/h2*4-5,12,16,19,25H,2-3,6-11H2,1H3;2*1H3/q;;2*-1/p+2/t2*16-,19+,20+,21-,22?;;/m11../s1. The lowest BCUT2D eigenvalue weighted by Gasteiger charge is -2.64. The van der Waals surface area contributed by atoms with E-state index in [-0.39, 0.29) is 50.0 Å². The van der Waals surface area contributed by atoms with Crippen LogP contribution in [0.5, 0.6) is 23.0 Å². The largest absolute Gasteiger partial charge is 0.504 e. The Balaban J connectivity index is 0.000000137. The minimum atomic E-state index is -0.931. The number of hydrogen-bond donors (Lipinski definition) is 4. The predicted molar refractivity (Wildman–Crippen MR) is 201 cm³/mol. The monoisotopic (exact) mass is 742 g/mol. The summed E-state index contributed by atoms with van der Waals surface area (Å²) in [7, 11) is 4.61. The van der Waals surface area contributed by atoms with Gasteiger partial charge in [0, 0.05) is 61.5 Å². The first-order valence-electron chi connectivity index (χ1n) is 20.0. The van der Waals surface area contributed by atoms with Crippen LogP contribution < -0.4 is 9.47 Å². The van der Waals surface area contributed by atoms with Crippen molar-refractivity contribution in [1.82, 2.24) is 0 Å². The zero-order valence-corrected chi connectivity index (χ0v) is 32.4. The van der Waals surface area contributed by atoms with E-state index in [1.54, 1.807) is 12.1 Å². The molecule has 0 amide bonds. The third kappa shape index (κ3) is 4.21. The summed E-state index contributed by atoms with van der Waals surface area (Å²) in [5, 5.41) is 45.1. The van der Waals surface area contributed by atoms with Crippen LogP contribution in [0.4, 0.5) is 0 Å². The van der Waals surface area contributed by atoms with Crippen LogP contribution in [0, 0.1) is 26.7 Å². The third-order valence-electron chi connectivity index (χ3n) is 16.6. The molecule has 0 radical (unpaired) electrons. The number of likely N-dealkylation sites (tertiary alicyclic amines) is 2. The lowest BCUT2D eigenvalue weighted by Crippen LogP contribution is -2.80. The fourth-order valence-corrected chi connectivity index (χ4v) is 13.9. The molecule has 2 spiro atoms. The van der Waals surface area contributed by atoms with Crippen LogP contribution in [0.2, 0.25) is 0 Å². The summed E-state index contributed by atoms with van der Waals surface area (Å²) in [5.74, 6) is 2.84. The zero-order chi connectivity index (χ0) is 35.8. The van der Waals surface area contributed by atoms with Gasteiger partial charge in [-0.3, -0.25) is 9.59 Å². The maximum absolute atomic E-state index is 12.8. The molecule has 12 rings (SSSR count). The second-order valence-corrected chi connectivity index (χ2v) is 19.2. The molecular weight excluding hydrogens is 684 g/mol. The first kappa shape index (κ1) is 36.5. The van der Waals surface area contributed by atoms with Crippen molar-refractivity contribution in [3.05, 3.63) is 61.4 Å². The molecule has 2 unspecified atom stereocenters. The number of Topliss-reactive ketones (excluding diaryl/α,β-unsaturated/α-hetero) is 2. The maximum Gasteiger partial charge on any atom is 0.174 e. The van der Waals surface area contributed by atoms with Crippen LogP contribution in [0.3, 0.4) is 0 Å². The van der Waals surface area contributed by atoms with E-state index in [1.807, 2.05) is 12.1 Å². The smallest absolute Gasteiger partial charge is 0.174 e. The molecular formula is C44H58N2O8. The lowest BCUT2D eigenvalue weighted by molar-refractivity contribution is -0.950. The Kier molecular flexibility index (Phi) is 7.58. The van der Waals surface area contributed by atoms with Gasteiger partial charge in [0.25, 0.3) is 0 Å². The van der Waals surface area contributed by atoms with Gasteiger partial charge in [-0.05, 0) is 61.8 Å². The average Bonchev–Trinajstić information content (AvgIpc) is 4.03. The highest BCUT2D eigenvalue weighted by molar-refractivity contribution is 5.90. The molecule has 4 saturated carbocycles. The predicted octanol–water partition coefficient (Wildman–Crippen LogP) is 4.24. The SMILES string of the molecule is C[N+]1(CC2CC2)CC[C@]23c4c5ccc(O)c4O[C@H]2C(=O)CC[C@@]3(O)[C@H]1C5.C[N+]1(CC2CC2)CC[C@]23c4c5ccc(O)c4O[C@H]2C(=O)CC[C@@]3(O)[C@H]1C5.[CH3-].[CH3-]. The Hall–Kier alpha value is -3.18. The van der Waals surface area contributed by atoms with Crippen LogP contribution in [0.1, 0.15) is 86.5 Å². The van der Waals surface area contributed by atoms with Gasteiger partial charge in [-0.25, -0.2) is 0 Å². The molecule has 10 atom stereocenters. The van der Waals surface area contributed by atoms with Crippen LogP contribution in [-0.4, -0.2) is 117 Å². The molecule has 10 heteroatoms. The summed E-state index contributed by atoms with van der Waals surface area (Å²) in [4.78, 5) is 25.6. The number of quaternary nitrogens is 2. The van der Waals surface area contributed by atoms with E-state index in [4.69, 9.17) is 9.47 Å². The lowest BCUT2D eigenvalue weighted by atomic mass is 9.48. The number of ketones is 2. The summed E-state index contributed by atoms with van der Waals surface area (Å²) in [6.45, 7) is 4.18. The van der Waals surface area contributed by atoms with Crippen LogP contribution in [-0.2, 0) is 33.3 Å². The maximum atomic E-state index is 12.8. The van der Waals surface area contributed by atoms with Gasteiger partial charge in [0.2, 0.25) is 0 Å². The second kappa shape index (κ2) is 11.2. The van der Waals surface area contributed by atoms with Gasteiger partial charge >= 0.3 is 0 Å². The molecule has 10 nitrogen and oxygen atoms in total. The van der Waals surface area contributed by atoms with E-state index in [9.17, 15) is 30.0 Å². The molecule has 0 aromatic heterocycles. The molecule has 4 bridgehead atoms. The van der Waals surface area contributed by atoms with Crippen molar-refractivity contribution in [1.29, 1.82) is 0 Å². The van der Waals surface area contributed by atoms with E-state index in [2.05, 4.69) is 14.1 Å². The number of likely N-dealkylation sites (N-methyl/N-ethyl adjacent to an activating group) is 2. The van der Waals surface area contributed by atoms with Gasteiger partial charge in [-0.1, -0.05) is 12.1 Å². The van der Waals surface area contributed by atoms with Gasteiger partial charge in [-0.2, -0.15) is 0 Å². The van der Waals surface area contributed by atoms with Gasteiger partial charge in [0.15, 0.2) is 46.8 Å². The Morgan fingerprint density at radius 2 is 1.04 bits per heavy atom. The minimum absolute atomic E-state index is 0. The van der Waals surface area contributed by atoms with Crippen molar-refractivity contribution >= 4 is 11.6 Å². The Morgan fingerprint density at radius 3 is 1.41 bits per heavy atom. The van der Waals surface area contributed by atoms with Gasteiger partial charge in [-0.15, -0.1) is 0 Å². The third-order valence-corrected chi connectivity index (χ3v) is 16.6. The summed E-state index contributed by atoms with van der Waals surface area (Å²) in [6.07, 6.45) is 8.83. The summed E-state index contributed by atoms with van der Waals surface area (Å²) in [6, 6.07) is 7.55. The highest BCUT2D eigenvalue weighted by Crippen LogP contribution is 2.67. The van der Waals surface area contributed by atoms with Crippen molar-refractivity contribution in [2.45, 2.75) is 123 Å². The quantitative estimate of drug-likeness (QED) is 0.270. The zero-order valence-electron chi connectivity index (χ0n) is 32.4. The van der Waals surface area contributed by atoms with Crippen molar-refractivity contribution in [2.24, 2.45) is 11.8 Å². The fraction of sp³-hybridized carbons (Fsp3) is 0.636. The Labute approximate surface area is 319 Å². The van der Waals surface area contributed by atoms with Crippen molar-refractivity contribution in [2.75, 3.05) is 40.3 Å². The number of nitrogens with zero attached hydrogens (tertiary/aromatic N) is 2. The number of phenols is 2. The summed E-state index contributed by atoms with van der Waals surface area (Å²) in [5.41, 5.74) is 0.985. The number of benzene rings is 2. The average molecular weight is 743 g/mol. The topological polar surface area (TPSA) is 134 Å². The van der Waals surface area contributed by atoms with Crippen LogP contribution in [0.15, 0.2) is 24.3 Å². The van der Waals surface area contributed by atoms with Crippen molar-refractivity contribution in [3.63, 3.8) is 0 Å².